The third kappa shape index (κ3) is 2.96. The first kappa shape index (κ1) is 17.3. The second-order valence-corrected chi connectivity index (χ2v) is 7.55. The standard InChI is InChI=1S/C17H14ClNO5S/c1-19-14-9-8-11(18)10-13(14)15(16(19)24-17(20)23-2)25(21,22)12-6-4-3-5-7-12/h3-10H,1-2H3. The quantitative estimate of drug-likeness (QED) is 0.647. The minimum atomic E-state index is -3.96. The Morgan fingerprint density at radius 3 is 2.44 bits per heavy atom. The molecule has 0 bridgehead atoms. The summed E-state index contributed by atoms with van der Waals surface area (Å²) < 4.78 is 37.5. The molecule has 0 saturated heterocycles. The largest absolute Gasteiger partial charge is 0.514 e. The van der Waals surface area contributed by atoms with Gasteiger partial charge in [-0.2, -0.15) is 0 Å². The number of carbonyl (C=O) groups is 1. The topological polar surface area (TPSA) is 74.6 Å². The Morgan fingerprint density at radius 2 is 1.80 bits per heavy atom. The van der Waals surface area contributed by atoms with Crippen LogP contribution in [-0.4, -0.2) is 26.3 Å². The summed E-state index contributed by atoms with van der Waals surface area (Å²) in [6, 6.07) is 12.7. The summed E-state index contributed by atoms with van der Waals surface area (Å²) in [5.74, 6) is -0.132. The predicted molar refractivity (Wildman–Crippen MR) is 92.9 cm³/mol. The fourth-order valence-corrected chi connectivity index (χ4v) is 4.36. The highest BCUT2D eigenvalue weighted by atomic mass is 35.5. The molecule has 0 fully saturated rings. The number of benzene rings is 2. The summed E-state index contributed by atoms with van der Waals surface area (Å²) in [5.41, 5.74) is 0.554. The van der Waals surface area contributed by atoms with Gasteiger partial charge in [0.25, 0.3) is 0 Å². The van der Waals surface area contributed by atoms with E-state index in [1.807, 2.05) is 0 Å². The van der Waals surface area contributed by atoms with E-state index >= 15 is 0 Å². The van der Waals surface area contributed by atoms with Crippen molar-refractivity contribution in [3.63, 3.8) is 0 Å². The second kappa shape index (κ2) is 6.42. The molecule has 0 aliphatic rings. The number of hydrogen-bond acceptors (Lipinski definition) is 5. The summed E-state index contributed by atoms with van der Waals surface area (Å²) in [6.07, 6.45) is -1.01. The molecule has 0 amide bonds. The summed E-state index contributed by atoms with van der Waals surface area (Å²) in [6.45, 7) is 0. The smallest absolute Gasteiger partial charge is 0.437 e. The molecule has 25 heavy (non-hydrogen) atoms. The van der Waals surface area contributed by atoms with Gasteiger partial charge in [-0.05, 0) is 30.3 Å². The van der Waals surface area contributed by atoms with Crippen LogP contribution in [0.15, 0.2) is 58.3 Å². The molecule has 2 aromatic carbocycles. The molecular formula is C17H14ClNO5S. The molecule has 0 aliphatic carbocycles. The van der Waals surface area contributed by atoms with Gasteiger partial charge in [-0.1, -0.05) is 29.8 Å². The first-order valence-electron chi connectivity index (χ1n) is 7.20. The number of aryl methyl sites for hydroxylation is 1. The van der Waals surface area contributed by atoms with Gasteiger partial charge in [-0.25, -0.2) is 13.2 Å². The molecule has 3 aromatic rings. The number of carbonyl (C=O) groups excluding carboxylic acids is 1. The number of aromatic nitrogens is 1. The van der Waals surface area contributed by atoms with Gasteiger partial charge in [-0.3, -0.25) is 0 Å². The van der Waals surface area contributed by atoms with E-state index in [4.69, 9.17) is 16.3 Å². The Hall–Kier alpha value is -2.51. The van der Waals surface area contributed by atoms with E-state index in [9.17, 15) is 13.2 Å². The number of ether oxygens (including phenoxy) is 2. The van der Waals surface area contributed by atoms with Crippen molar-refractivity contribution in [2.45, 2.75) is 9.79 Å². The molecule has 8 heteroatoms. The number of halogens is 1. The van der Waals surface area contributed by atoms with Gasteiger partial charge >= 0.3 is 6.16 Å². The third-order valence-electron chi connectivity index (χ3n) is 3.73. The maximum absolute atomic E-state index is 13.2. The molecule has 6 nitrogen and oxygen atoms in total. The molecule has 0 spiro atoms. The van der Waals surface area contributed by atoms with Crippen molar-refractivity contribution in [1.29, 1.82) is 0 Å². The van der Waals surface area contributed by atoms with E-state index in [0.29, 0.717) is 15.9 Å². The molecule has 0 N–H and O–H groups in total. The maximum atomic E-state index is 13.2. The Balaban J connectivity index is 2.37. The fraction of sp³-hybridized carbons (Fsp3) is 0.118. The van der Waals surface area contributed by atoms with Gasteiger partial charge in [0.15, 0.2) is 0 Å². The van der Waals surface area contributed by atoms with Crippen molar-refractivity contribution in [1.82, 2.24) is 4.57 Å². The van der Waals surface area contributed by atoms with Crippen LogP contribution in [0.5, 0.6) is 5.88 Å². The first-order valence-corrected chi connectivity index (χ1v) is 9.06. The highest BCUT2D eigenvalue weighted by Gasteiger charge is 2.31. The summed E-state index contributed by atoms with van der Waals surface area (Å²) >= 11 is 6.04. The minimum absolute atomic E-state index is 0.0807. The molecule has 0 saturated carbocycles. The summed E-state index contributed by atoms with van der Waals surface area (Å²) in [5, 5.41) is 0.727. The van der Waals surface area contributed by atoms with Crippen molar-refractivity contribution >= 4 is 38.5 Å². The second-order valence-electron chi connectivity index (χ2n) is 5.23. The van der Waals surface area contributed by atoms with E-state index in [0.717, 1.165) is 7.11 Å². The molecule has 3 rings (SSSR count). The highest BCUT2D eigenvalue weighted by molar-refractivity contribution is 7.91. The van der Waals surface area contributed by atoms with E-state index in [1.54, 1.807) is 37.4 Å². The zero-order valence-electron chi connectivity index (χ0n) is 13.4. The van der Waals surface area contributed by atoms with Crippen LogP contribution >= 0.6 is 11.6 Å². The molecule has 0 aliphatic heterocycles. The van der Waals surface area contributed by atoms with Crippen LogP contribution in [-0.2, 0) is 21.6 Å². The van der Waals surface area contributed by atoms with Crippen molar-refractivity contribution in [2.75, 3.05) is 7.11 Å². The number of hydrogen-bond donors (Lipinski definition) is 0. The van der Waals surface area contributed by atoms with Crippen LogP contribution in [0.1, 0.15) is 0 Å². The number of methoxy groups -OCH3 is 1. The van der Waals surface area contributed by atoms with Gasteiger partial charge in [0.2, 0.25) is 15.7 Å². The Kier molecular flexibility index (Phi) is 4.45. The fourth-order valence-electron chi connectivity index (χ4n) is 2.57. The lowest BCUT2D eigenvalue weighted by molar-refractivity contribution is 0.117. The summed E-state index contributed by atoms with van der Waals surface area (Å²) in [4.78, 5) is 11.6. The van der Waals surface area contributed by atoms with Gasteiger partial charge in [0, 0.05) is 17.5 Å². The Bertz CT molecular complexity index is 1060. The van der Waals surface area contributed by atoms with Gasteiger partial charge in [0.1, 0.15) is 4.90 Å². The number of sulfone groups is 1. The zero-order valence-corrected chi connectivity index (χ0v) is 15.0. The van der Waals surface area contributed by atoms with Gasteiger partial charge < -0.3 is 14.0 Å². The van der Waals surface area contributed by atoms with E-state index in [2.05, 4.69) is 4.74 Å². The average molecular weight is 380 g/mol. The normalized spacial score (nSPS) is 11.5. The van der Waals surface area contributed by atoms with Crippen molar-refractivity contribution in [2.24, 2.45) is 7.05 Å². The van der Waals surface area contributed by atoms with E-state index in [-0.39, 0.29) is 15.7 Å². The van der Waals surface area contributed by atoms with Crippen LogP contribution in [0, 0.1) is 0 Å². The van der Waals surface area contributed by atoms with E-state index in [1.165, 1.54) is 22.8 Å². The SMILES string of the molecule is COC(=O)Oc1c(S(=O)(=O)c2ccccc2)c2cc(Cl)ccc2n1C. The molecule has 0 atom stereocenters. The Morgan fingerprint density at radius 1 is 1.12 bits per heavy atom. The highest BCUT2D eigenvalue weighted by Crippen LogP contribution is 2.39. The number of nitrogens with zero attached hydrogens (tertiary/aromatic N) is 1. The van der Waals surface area contributed by atoms with Crippen LogP contribution in [0.3, 0.4) is 0 Å². The Labute approximate surface area is 149 Å². The lowest BCUT2D eigenvalue weighted by atomic mass is 10.2. The summed E-state index contributed by atoms with van der Waals surface area (Å²) in [7, 11) is -1.22. The van der Waals surface area contributed by atoms with Crippen molar-refractivity contribution in [3.05, 3.63) is 53.6 Å². The molecule has 1 aromatic heterocycles. The molecule has 0 radical (unpaired) electrons. The molecule has 1 heterocycles. The number of rotatable bonds is 3. The lowest BCUT2D eigenvalue weighted by Crippen LogP contribution is -2.13. The van der Waals surface area contributed by atoms with Crippen LogP contribution < -0.4 is 4.74 Å². The number of fused-ring (bicyclic) bond motifs is 1. The van der Waals surface area contributed by atoms with Crippen molar-refractivity contribution < 1.29 is 22.7 Å². The molecule has 130 valence electrons. The van der Waals surface area contributed by atoms with Crippen LogP contribution in [0.2, 0.25) is 5.02 Å². The monoisotopic (exact) mass is 379 g/mol. The maximum Gasteiger partial charge on any atom is 0.514 e. The lowest BCUT2D eigenvalue weighted by Gasteiger charge is -2.08. The van der Waals surface area contributed by atoms with E-state index < -0.39 is 16.0 Å². The van der Waals surface area contributed by atoms with Gasteiger partial charge in [0.05, 0.1) is 17.5 Å². The minimum Gasteiger partial charge on any atom is -0.437 e. The first-order chi connectivity index (χ1) is 11.9. The van der Waals surface area contributed by atoms with Crippen LogP contribution in [0.25, 0.3) is 10.9 Å². The molecule has 0 unspecified atom stereocenters. The average Bonchev–Trinajstić information content (AvgIpc) is 2.87. The molecular weight excluding hydrogens is 366 g/mol. The predicted octanol–water partition coefficient (Wildman–Crippen LogP) is 3.81. The third-order valence-corrected chi connectivity index (χ3v) is 5.79. The van der Waals surface area contributed by atoms with Crippen LogP contribution in [0.4, 0.5) is 4.79 Å². The van der Waals surface area contributed by atoms with Crippen molar-refractivity contribution in [3.8, 4) is 5.88 Å². The zero-order chi connectivity index (χ0) is 18.2. The van der Waals surface area contributed by atoms with Gasteiger partial charge in [-0.15, -0.1) is 0 Å².